The number of halogens is 1. The SMILES string of the molecule is Brc1ccoc1CNc1ccc(CN2CCCC2)cc1. The molecule has 20 heavy (non-hydrogen) atoms. The van der Waals surface area contributed by atoms with Crippen LogP contribution >= 0.6 is 15.9 Å². The largest absolute Gasteiger partial charge is 0.466 e. The fraction of sp³-hybridized carbons (Fsp3) is 0.375. The van der Waals surface area contributed by atoms with E-state index in [1.807, 2.05) is 6.07 Å². The molecule has 3 rings (SSSR count). The standard InChI is InChI=1S/C16H19BrN2O/c17-15-7-10-20-16(15)11-18-14-5-3-13(4-6-14)12-19-8-1-2-9-19/h3-7,10,18H,1-2,8-9,11-12H2. The van der Waals surface area contributed by atoms with E-state index >= 15 is 0 Å². The van der Waals surface area contributed by atoms with E-state index < -0.39 is 0 Å². The summed E-state index contributed by atoms with van der Waals surface area (Å²) in [5.74, 6) is 0.922. The zero-order chi connectivity index (χ0) is 13.8. The van der Waals surface area contributed by atoms with Crippen LogP contribution in [-0.4, -0.2) is 18.0 Å². The molecule has 0 spiro atoms. The lowest BCUT2D eigenvalue weighted by Crippen LogP contribution is -2.18. The van der Waals surface area contributed by atoms with Gasteiger partial charge < -0.3 is 9.73 Å². The van der Waals surface area contributed by atoms with Crippen LogP contribution in [0.25, 0.3) is 0 Å². The number of nitrogens with one attached hydrogen (secondary N) is 1. The van der Waals surface area contributed by atoms with Gasteiger partial charge in [0.05, 0.1) is 17.3 Å². The van der Waals surface area contributed by atoms with Crippen LogP contribution in [0.5, 0.6) is 0 Å². The van der Waals surface area contributed by atoms with Gasteiger partial charge in [0.2, 0.25) is 0 Å². The summed E-state index contributed by atoms with van der Waals surface area (Å²) in [6.45, 7) is 4.25. The third kappa shape index (κ3) is 3.44. The fourth-order valence-electron chi connectivity index (χ4n) is 2.56. The second-order valence-corrected chi connectivity index (χ2v) is 6.08. The van der Waals surface area contributed by atoms with E-state index in [1.165, 1.54) is 31.5 Å². The van der Waals surface area contributed by atoms with Crippen molar-refractivity contribution in [1.82, 2.24) is 4.90 Å². The van der Waals surface area contributed by atoms with E-state index in [2.05, 4.69) is 50.4 Å². The predicted octanol–water partition coefficient (Wildman–Crippen LogP) is 4.25. The molecule has 0 aliphatic carbocycles. The molecule has 0 atom stereocenters. The maximum Gasteiger partial charge on any atom is 0.136 e. The molecule has 0 radical (unpaired) electrons. The van der Waals surface area contributed by atoms with Gasteiger partial charge in [-0.1, -0.05) is 12.1 Å². The van der Waals surface area contributed by atoms with Gasteiger partial charge in [-0.25, -0.2) is 0 Å². The van der Waals surface area contributed by atoms with Crippen molar-refractivity contribution in [3.8, 4) is 0 Å². The van der Waals surface area contributed by atoms with Crippen molar-refractivity contribution < 1.29 is 4.42 Å². The van der Waals surface area contributed by atoms with Gasteiger partial charge in [0, 0.05) is 12.2 Å². The highest BCUT2D eigenvalue weighted by atomic mass is 79.9. The summed E-state index contributed by atoms with van der Waals surface area (Å²) in [4.78, 5) is 2.52. The highest BCUT2D eigenvalue weighted by Gasteiger charge is 2.11. The van der Waals surface area contributed by atoms with Crippen molar-refractivity contribution in [2.24, 2.45) is 0 Å². The van der Waals surface area contributed by atoms with Crippen LogP contribution in [-0.2, 0) is 13.1 Å². The first-order chi connectivity index (χ1) is 9.81. The van der Waals surface area contributed by atoms with E-state index in [-0.39, 0.29) is 0 Å². The number of hydrogen-bond donors (Lipinski definition) is 1. The Hall–Kier alpha value is -1.26. The topological polar surface area (TPSA) is 28.4 Å². The Kier molecular flexibility index (Phi) is 4.43. The zero-order valence-electron chi connectivity index (χ0n) is 11.4. The quantitative estimate of drug-likeness (QED) is 0.885. The summed E-state index contributed by atoms with van der Waals surface area (Å²) in [5, 5.41) is 3.37. The molecule has 1 aromatic carbocycles. The van der Waals surface area contributed by atoms with Gasteiger partial charge in [-0.2, -0.15) is 0 Å². The molecule has 0 bridgehead atoms. The molecule has 0 unspecified atom stereocenters. The Labute approximate surface area is 128 Å². The van der Waals surface area contributed by atoms with Crippen LogP contribution < -0.4 is 5.32 Å². The second-order valence-electron chi connectivity index (χ2n) is 5.23. The van der Waals surface area contributed by atoms with E-state index in [9.17, 15) is 0 Å². The molecule has 2 heterocycles. The number of hydrogen-bond acceptors (Lipinski definition) is 3. The first-order valence-electron chi connectivity index (χ1n) is 7.08. The van der Waals surface area contributed by atoms with E-state index in [0.717, 1.165) is 22.5 Å². The molecule has 1 N–H and O–H groups in total. The maximum atomic E-state index is 5.38. The average molecular weight is 335 g/mol. The molecule has 4 heteroatoms. The molecule has 0 saturated carbocycles. The summed E-state index contributed by atoms with van der Waals surface area (Å²) in [5.41, 5.74) is 2.51. The molecular formula is C16H19BrN2O. The van der Waals surface area contributed by atoms with Crippen molar-refractivity contribution in [1.29, 1.82) is 0 Å². The van der Waals surface area contributed by atoms with Crippen LogP contribution in [0.1, 0.15) is 24.2 Å². The minimum Gasteiger partial charge on any atom is -0.466 e. The molecule has 3 nitrogen and oxygen atoms in total. The fourth-order valence-corrected chi connectivity index (χ4v) is 2.90. The molecule has 0 amide bonds. The molecule has 1 fully saturated rings. The maximum absolute atomic E-state index is 5.38. The van der Waals surface area contributed by atoms with Crippen molar-refractivity contribution in [2.45, 2.75) is 25.9 Å². The minimum absolute atomic E-state index is 0.694. The predicted molar refractivity (Wildman–Crippen MR) is 84.7 cm³/mol. The minimum atomic E-state index is 0.694. The number of furan rings is 1. The average Bonchev–Trinajstić information content (AvgIpc) is 3.10. The summed E-state index contributed by atoms with van der Waals surface area (Å²) in [6.07, 6.45) is 4.38. The Morgan fingerprint density at radius 1 is 1.10 bits per heavy atom. The summed E-state index contributed by atoms with van der Waals surface area (Å²) < 4.78 is 6.39. The van der Waals surface area contributed by atoms with Crippen LogP contribution in [0, 0.1) is 0 Å². The third-order valence-corrected chi connectivity index (χ3v) is 4.41. The van der Waals surface area contributed by atoms with Gasteiger partial charge in [0.15, 0.2) is 0 Å². The van der Waals surface area contributed by atoms with Gasteiger partial charge in [-0.3, -0.25) is 4.90 Å². The normalized spacial score (nSPS) is 15.7. The van der Waals surface area contributed by atoms with Gasteiger partial charge in [-0.05, 0) is 65.6 Å². The number of nitrogens with zero attached hydrogens (tertiary/aromatic N) is 1. The van der Waals surface area contributed by atoms with Crippen LogP contribution in [0.2, 0.25) is 0 Å². The van der Waals surface area contributed by atoms with E-state index in [0.29, 0.717) is 6.54 Å². The molecule has 1 saturated heterocycles. The smallest absolute Gasteiger partial charge is 0.136 e. The lowest BCUT2D eigenvalue weighted by Gasteiger charge is -2.14. The van der Waals surface area contributed by atoms with E-state index in [4.69, 9.17) is 4.42 Å². The molecule has 1 aliphatic heterocycles. The highest BCUT2D eigenvalue weighted by Crippen LogP contribution is 2.20. The third-order valence-electron chi connectivity index (χ3n) is 3.70. The lowest BCUT2D eigenvalue weighted by atomic mass is 10.2. The van der Waals surface area contributed by atoms with Gasteiger partial charge in [0.25, 0.3) is 0 Å². The van der Waals surface area contributed by atoms with E-state index in [1.54, 1.807) is 6.26 Å². The number of rotatable bonds is 5. The Morgan fingerprint density at radius 3 is 2.50 bits per heavy atom. The van der Waals surface area contributed by atoms with Crippen molar-refractivity contribution in [3.05, 3.63) is 52.4 Å². The van der Waals surface area contributed by atoms with Crippen molar-refractivity contribution >= 4 is 21.6 Å². The Balaban J connectivity index is 1.54. The monoisotopic (exact) mass is 334 g/mol. The Morgan fingerprint density at radius 2 is 1.85 bits per heavy atom. The van der Waals surface area contributed by atoms with Crippen LogP contribution in [0.15, 0.2) is 45.5 Å². The van der Waals surface area contributed by atoms with Gasteiger partial charge >= 0.3 is 0 Å². The second kappa shape index (κ2) is 6.46. The Bertz CT molecular complexity index is 544. The molecule has 1 aromatic heterocycles. The van der Waals surface area contributed by atoms with Gasteiger partial charge in [-0.15, -0.1) is 0 Å². The van der Waals surface area contributed by atoms with Crippen molar-refractivity contribution in [3.63, 3.8) is 0 Å². The van der Waals surface area contributed by atoms with Gasteiger partial charge in [0.1, 0.15) is 5.76 Å². The van der Waals surface area contributed by atoms with Crippen LogP contribution in [0.4, 0.5) is 5.69 Å². The number of benzene rings is 1. The highest BCUT2D eigenvalue weighted by molar-refractivity contribution is 9.10. The van der Waals surface area contributed by atoms with Crippen molar-refractivity contribution in [2.75, 3.05) is 18.4 Å². The molecular weight excluding hydrogens is 316 g/mol. The molecule has 106 valence electrons. The lowest BCUT2D eigenvalue weighted by molar-refractivity contribution is 0.331. The van der Waals surface area contributed by atoms with Crippen LogP contribution in [0.3, 0.4) is 0 Å². The number of likely N-dealkylation sites (tertiary alicyclic amines) is 1. The number of anilines is 1. The summed E-state index contributed by atoms with van der Waals surface area (Å²) in [7, 11) is 0. The zero-order valence-corrected chi connectivity index (χ0v) is 13.0. The summed E-state index contributed by atoms with van der Waals surface area (Å²) in [6, 6.07) is 10.6. The first-order valence-corrected chi connectivity index (χ1v) is 7.87. The summed E-state index contributed by atoms with van der Waals surface area (Å²) >= 11 is 3.46. The first kappa shape index (κ1) is 13.7. The molecule has 2 aromatic rings. The molecule has 1 aliphatic rings.